The van der Waals surface area contributed by atoms with Crippen molar-refractivity contribution in [3.05, 3.63) is 66.2 Å². The van der Waals surface area contributed by atoms with Crippen LogP contribution in [0.4, 0.5) is 11.4 Å². The molecule has 5 heteroatoms. The summed E-state index contributed by atoms with van der Waals surface area (Å²) in [5.74, 6) is 0.341. The second-order valence-corrected chi connectivity index (χ2v) is 7.87. The first-order valence-corrected chi connectivity index (χ1v) is 10.5. The number of carbonyl (C=O) groups excluding carboxylic acids is 2. The Kier molecular flexibility index (Phi) is 5.35. The van der Waals surface area contributed by atoms with E-state index in [1.807, 2.05) is 65.6 Å². The lowest BCUT2D eigenvalue weighted by Crippen LogP contribution is -2.27. The molecule has 28 heavy (non-hydrogen) atoms. The zero-order valence-corrected chi connectivity index (χ0v) is 16.6. The van der Waals surface area contributed by atoms with Gasteiger partial charge in [0.1, 0.15) is 0 Å². The molecule has 0 atom stereocenters. The third kappa shape index (κ3) is 3.50. The van der Waals surface area contributed by atoms with E-state index in [1.165, 1.54) is 11.8 Å². The summed E-state index contributed by atoms with van der Waals surface area (Å²) >= 11 is 1.51. The van der Waals surface area contributed by atoms with E-state index >= 15 is 0 Å². The van der Waals surface area contributed by atoms with E-state index in [4.69, 9.17) is 0 Å². The number of benzene rings is 3. The molecule has 1 N–H and O–H groups in total. The topological polar surface area (TPSA) is 49.4 Å². The number of hydrogen-bond donors (Lipinski definition) is 1. The van der Waals surface area contributed by atoms with Gasteiger partial charge in [0.2, 0.25) is 5.91 Å². The molecule has 2 amide bonds. The van der Waals surface area contributed by atoms with Gasteiger partial charge in [-0.1, -0.05) is 43.7 Å². The fraction of sp³-hybridized carbons (Fsp3) is 0.217. The standard InChI is InChI=1S/C23H22N2O2S/c1-2-3-14-25-20-13-12-19(17-10-7-11-18(22(17)20)23(25)27)24-21(26)15-28-16-8-5-4-6-9-16/h4-13H,2-3,14-15H2,1H3,(H,24,26). The quantitative estimate of drug-likeness (QED) is 0.555. The van der Waals surface area contributed by atoms with Crippen molar-refractivity contribution in [1.82, 2.24) is 0 Å². The van der Waals surface area contributed by atoms with Crippen molar-refractivity contribution in [2.24, 2.45) is 0 Å². The molecule has 0 unspecified atom stereocenters. The number of nitrogens with zero attached hydrogens (tertiary/aromatic N) is 1. The van der Waals surface area contributed by atoms with Crippen molar-refractivity contribution >= 4 is 45.7 Å². The third-order valence-corrected chi connectivity index (χ3v) is 5.92. The van der Waals surface area contributed by atoms with Crippen molar-refractivity contribution in [2.45, 2.75) is 24.7 Å². The molecule has 1 heterocycles. The monoisotopic (exact) mass is 390 g/mol. The molecule has 1 aliphatic rings. The molecule has 0 saturated carbocycles. The molecule has 0 bridgehead atoms. The lowest BCUT2D eigenvalue weighted by molar-refractivity contribution is -0.113. The van der Waals surface area contributed by atoms with Gasteiger partial charge >= 0.3 is 0 Å². The second kappa shape index (κ2) is 8.07. The van der Waals surface area contributed by atoms with Gasteiger partial charge in [0.15, 0.2) is 0 Å². The van der Waals surface area contributed by atoms with Gasteiger partial charge in [-0.3, -0.25) is 9.59 Å². The van der Waals surface area contributed by atoms with Crippen LogP contribution in [0.1, 0.15) is 30.1 Å². The number of hydrogen-bond acceptors (Lipinski definition) is 3. The minimum atomic E-state index is -0.0540. The van der Waals surface area contributed by atoms with Crippen LogP contribution in [0.5, 0.6) is 0 Å². The van der Waals surface area contributed by atoms with E-state index in [-0.39, 0.29) is 11.8 Å². The van der Waals surface area contributed by atoms with Crippen LogP contribution >= 0.6 is 11.8 Å². The van der Waals surface area contributed by atoms with Crippen LogP contribution in [-0.2, 0) is 4.79 Å². The first-order chi connectivity index (χ1) is 13.7. The number of unbranched alkanes of at least 4 members (excludes halogenated alkanes) is 1. The van der Waals surface area contributed by atoms with Gasteiger partial charge in [-0.2, -0.15) is 0 Å². The number of thioether (sulfide) groups is 1. The lowest BCUT2D eigenvalue weighted by Gasteiger charge is -2.17. The smallest absolute Gasteiger partial charge is 0.258 e. The van der Waals surface area contributed by atoms with E-state index in [1.54, 1.807) is 0 Å². The maximum absolute atomic E-state index is 12.8. The molecule has 3 aromatic rings. The van der Waals surface area contributed by atoms with E-state index in [2.05, 4.69) is 12.2 Å². The summed E-state index contributed by atoms with van der Waals surface area (Å²) in [6.07, 6.45) is 2.01. The van der Waals surface area contributed by atoms with Gasteiger partial charge in [0.25, 0.3) is 5.91 Å². The fourth-order valence-corrected chi connectivity index (χ4v) is 4.26. The Morgan fingerprint density at radius 1 is 1.04 bits per heavy atom. The Labute approximate surface area is 168 Å². The van der Waals surface area contributed by atoms with Crippen LogP contribution in [-0.4, -0.2) is 24.1 Å². The minimum Gasteiger partial charge on any atom is -0.325 e. The lowest BCUT2D eigenvalue weighted by atomic mass is 10.0. The van der Waals surface area contributed by atoms with Crippen molar-refractivity contribution in [2.75, 3.05) is 22.5 Å². The van der Waals surface area contributed by atoms with Gasteiger partial charge in [0, 0.05) is 33.5 Å². The van der Waals surface area contributed by atoms with E-state index in [9.17, 15) is 9.59 Å². The number of nitrogens with one attached hydrogen (secondary N) is 1. The van der Waals surface area contributed by atoms with Crippen LogP contribution in [0.2, 0.25) is 0 Å². The summed E-state index contributed by atoms with van der Waals surface area (Å²) in [6, 6.07) is 19.5. The van der Waals surface area contributed by atoms with Gasteiger partial charge in [0.05, 0.1) is 11.4 Å². The highest BCUT2D eigenvalue weighted by Gasteiger charge is 2.30. The fourth-order valence-electron chi connectivity index (χ4n) is 3.55. The molecule has 0 aliphatic carbocycles. The van der Waals surface area contributed by atoms with Gasteiger partial charge < -0.3 is 10.2 Å². The number of rotatable bonds is 7. The third-order valence-electron chi connectivity index (χ3n) is 4.91. The summed E-state index contributed by atoms with van der Waals surface area (Å²) < 4.78 is 0. The Morgan fingerprint density at radius 2 is 1.86 bits per heavy atom. The van der Waals surface area contributed by atoms with E-state index in [0.29, 0.717) is 5.75 Å². The Morgan fingerprint density at radius 3 is 2.64 bits per heavy atom. The summed E-state index contributed by atoms with van der Waals surface area (Å²) in [5.41, 5.74) is 2.42. The van der Waals surface area contributed by atoms with Gasteiger partial charge in [-0.15, -0.1) is 11.8 Å². The minimum absolute atomic E-state index is 0.0529. The van der Waals surface area contributed by atoms with Crippen molar-refractivity contribution in [1.29, 1.82) is 0 Å². The molecular weight excluding hydrogens is 368 g/mol. The van der Waals surface area contributed by atoms with E-state index in [0.717, 1.165) is 52.0 Å². The summed E-state index contributed by atoms with van der Waals surface area (Å²) in [4.78, 5) is 28.2. The molecule has 0 saturated heterocycles. The van der Waals surface area contributed by atoms with Gasteiger partial charge in [-0.25, -0.2) is 0 Å². The van der Waals surface area contributed by atoms with Crippen molar-refractivity contribution in [3.63, 3.8) is 0 Å². The maximum Gasteiger partial charge on any atom is 0.258 e. The predicted molar refractivity (Wildman–Crippen MR) is 116 cm³/mol. The van der Waals surface area contributed by atoms with Crippen molar-refractivity contribution < 1.29 is 9.59 Å². The summed E-state index contributed by atoms with van der Waals surface area (Å²) in [6.45, 7) is 2.84. The number of amides is 2. The Balaban J connectivity index is 1.57. The Bertz CT molecular complexity index is 1030. The molecule has 0 spiro atoms. The first kappa shape index (κ1) is 18.6. The number of anilines is 2. The highest BCUT2D eigenvalue weighted by molar-refractivity contribution is 8.00. The van der Waals surface area contributed by atoms with E-state index < -0.39 is 0 Å². The highest BCUT2D eigenvalue weighted by atomic mass is 32.2. The van der Waals surface area contributed by atoms with Crippen LogP contribution in [0.3, 0.4) is 0 Å². The summed E-state index contributed by atoms with van der Waals surface area (Å²) in [7, 11) is 0. The molecule has 3 aromatic carbocycles. The van der Waals surface area contributed by atoms with Crippen LogP contribution in [0, 0.1) is 0 Å². The highest BCUT2D eigenvalue weighted by Crippen LogP contribution is 2.40. The average Bonchev–Trinajstić information content (AvgIpc) is 3.00. The van der Waals surface area contributed by atoms with Gasteiger partial charge in [-0.05, 0) is 36.8 Å². The predicted octanol–water partition coefficient (Wildman–Crippen LogP) is 5.33. The molecule has 0 radical (unpaired) electrons. The Hall–Kier alpha value is -2.79. The molecule has 4 rings (SSSR count). The number of carbonyl (C=O) groups is 2. The van der Waals surface area contributed by atoms with Crippen LogP contribution in [0.15, 0.2) is 65.6 Å². The van der Waals surface area contributed by atoms with Crippen molar-refractivity contribution in [3.8, 4) is 0 Å². The molecule has 0 fully saturated rings. The maximum atomic E-state index is 12.8. The largest absolute Gasteiger partial charge is 0.325 e. The first-order valence-electron chi connectivity index (χ1n) is 9.54. The average molecular weight is 391 g/mol. The SMILES string of the molecule is CCCCN1C(=O)c2cccc3c(NC(=O)CSc4ccccc4)ccc1c23. The summed E-state index contributed by atoms with van der Waals surface area (Å²) in [5, 5.41) is 4.88. The molecule has 142 valence electrons. The normalized spacial score (nSPS) is 12.6. The molecular formula is C23H22N2O2S. The molecule has 0 aromatic heterocycles. The van der Waals surface area contributed by atoms with Crippen LogP contribution in [0.25, 0.3) is 10.8 Å². The molecule has 1 aliphatic heterocycles. The zero-order chi connectivity index (χ0) is 19.5. The second-order valence-electron chi connectivity index (χ2n) is 6.82. The molecule has 4 nitrogen and oxygen atoms in total. The van der Waals surface area contributed by atoms with Crippen LogP contribution < -0.4 is 10.2 Å². The zero-order valence-electron chi connectivity index (χ0n) is 15.8.